The van der Waals surface area contributed by atoms with Crippen LogP contribution in [0.4, 0.5) is 0 Å². The Hall–Kier alpha value is -0.0800. The first kappa shape index (κ1) is 12.5. The first-order valence-electron chi connectivity index (χ1n) is 8.81. The van der Waals surface area contributed by atoms with Crippen LogP contribution in [0.15, 0.2) is 0 Å². The Labute approximate surface area is 123 Å². The molecule has 2 nitrogen and oxygen atoms in total. The van der Waals surface area contributed by atoms with E-state index in [-0.39, 0.29) is 0 Å². The largest absolute Gasteiger partial charge is 0.304 e. The molecule has 8 bridgehead atoms. The molecule has 0 N–H and O–H groups in total. The third-order valence-electron chi connectivity index (χ3n) is 8.89. The van der Waals surface area contributed by atoms with Gasteiger partial charge in [-0.3, -0.25) is 0 Å². The molecule has 0 heterocycles. The normalized spacial score (nSPS) is 62.1. The molecule has 0 amide bonds. The molecule has 0 saturated heterocycles. The van der Waals surface area contributed by atoms with Gasteiger partial charge in [0, 0.05) is 11.1 Å². The van der Waals surface area contributed by atoms with Gasteiger partial charge in [-0.25, -0.2) is 0 Å². The topological polar surface area (TPSA) is 6.48 Å². The molecule has 7 fully saturated rings. The van der Waals surface area contributed by atoms with Crippen molar-refractivity contribution in [1.29, 1.82) is 0 Å². The van der Waals surface area contributed by atoms with E-state index >= 15 is 0 Å². The van der Waals surface area contributed by atoms with Gasteiger partial charge in [0.15, 0.2) is 0 Å². The SMILES string of the molecule is CN(C)C12CC3C4CC5(N(C)C)CC3C(C1)C(C5)C4C2. The molecule has 0 spiro atoms. The smallest absolute Gasteiger partial charge is 0.0212 e. The van der Waals surface area contributed by atoms with E-state index in [4.69, 9.17) is 0 Å². The van der Waals surface area contributed by atoms with Crippen LogP contribution in [0.2, 0.25) is 0 Å². The van der Waals surface area contributed by atoms with Crippen molar-refractivity contribution in [3.8, 4) is 0 Å². The van der Waals surface area contributed by atoms with Gasteiger partial charge in [0.25, 0.3) is 0 Å². The van der Waals surface area contributed by atoms with Gasteiger partial charge in [0.2, 0.25) is 0 Å². The summed E-state index contributed by atoms with van der Waals surface area (Å²) in [6.45, 7) is 0. The number of hydrogen-bond acceptors (Lipinski definition) is 2. The second kappa shape index (κ2) is 3.46. The van der Waals surface area contributed by atoms with Crippen LogP contribution in [0.25, 0.3) is 0 Å². The van der Waals surface area contributed by atoms with E-state index in [9.17, 15) is 0 Å². The van der Waals surface area contributed by atoms with Gasteiger partial charge < -0.3 is 9.80 Å². The van der Waals surface area contributed by atoms with Crippen LogP contribution in [0.1, 0.15) is 38.5 Å². The quantitative estimate of drug-likeness (QED) is 0.764. The predicted molar refractivity (Wildman–Crippen MR) is 81.5 cm³/mol. The monoisotopic (exact) mass is 274 g/mol. The summed E-state index contributed by atoms with van der Waals surface area (Å²) in [5.74, 6) is 6.50. The minimum atomic E-state index is 0.596. The zero-order valence-electron chi connectivity index (χ0n) is 13.6. The lowest BCUT2D eigenvalue weighted by molar-refractivity contribution is -0.255. The van der Waals surface area contributed by atoms with Crippen molar-refractivity contribution in [1.82, 2.24) is 9.80 Å². The molecule has 112 valence electrons. The second-order valence-corrected chi connectivity index (χ2v) is 9.45. The lowest BCUT2D eigenvalue weighted by atomic mass is 9.33. The minimum absolute atomic E-state index is 0.596. The van der Waals surface area contributed by atoms with Gasteiger partial charge in [0.1, 0.15) is 0 Å². The van der Waals surface area contributed by atoms with Gasteiger partial charge in [-0.2, -0.15) is 0 Å². The number of hydrogen-bond donors (Lipinski definition) is 0. The summed E-state index contributed by atoms with van der Waals surface area (Å²) < 4.78 is 0. The predicted octanol–water partition coefficient (Wildman–Crippen LogP) is 2.69. The van der Waals surface area contributed by atoms with E-state index in [0.29, 0.717) is 11.1 Å². The van der Waals surface area contributed by atoms with Gasteiger partial charge in [0.05, 0.1) is 0 Å². The highest BCUT2D eigenvalue weighted by Crippen LogP contribution is 2.74. The fourth-order valence-corrected chi connectivity index (χ4v) is 7.95. The summed E-state index contributed by atoms with van der Waals surface area (Å²) in [4.78, 5) is 5.23. The maximum absolute atomic E-state index is 2.62. The van der Waals surface area contributed by atoms with E-state index in [2.05, 4.69) is 38.0 Å². The Morgan fingerprint density at radius 1 is 0.500 bits per heavy atom. The average Bonchev–Trinajstić information content (AvgIpc) is 2.43. The van der Waals surface area contributed by atoms with Crippen LogP contribution in [-0.2, 0) is 0 Å². The first-order chi connectivity index (χ1) is 9.46. The summed E-state index contributed by atoms with van der Waals surface area (Å²) in [6, 6.07) is 0. The molecule has 0 atom stereocenters. The molecule has 2 heteroatoms. The van der Waals surface area contributed by atoms with Crippen molar-refractivity contribution in [3.05, 3.63) is 0 Å². The van der Waals surface area contributed by atoms with Gasteiger partial charge >= 0.3 is 0 Å². The zero-order chi connectivity index (χ0) is 13.9. The van der Waals surface area contributed by atoms with Crippen molar-refractivity contribution in [2.75, 3.05) is 28.2 Å². The Morgan fingerprint density at radius 3 is 0.850 bits per heavy atom. The molecular weight excluding hydrogens is 244 g/mol. The molecule has 7 rings (SSSR count). The lowest BCUT2D eigenvalue weighted by Crippen LogP contribution is -2.75. The summed E-state index contributed by atoms with van der Waals surface area (Å²) in [7, 11) is 9.42. The maximum Gasteiger partial charge on any atom is 0.0212 e. The van der Waals surface area contributed by atoms with Crippen LogP contribution in [0, 0.1) is 35.5 Å². The third-order valence-corrected chi connectivity index (χ3v) is 8.89. The Morgan fingerprint density at radius 2 is 0.700 bits per heavy atom. The molecule has 7 aliphatic carbocycles. The molecule has 0 aromatic heterocycles. The molecular formula is C18H30N2. The van der Waals surface area contributed by atoms with Crippen molar-refractivity contribution < 1.29 is 0 Å². The highest BCUT2D eigenvalue weighted by molar-refractivity contribution is 5.23. The summed E-state index contributed by atoms with van der Waals surface area (Å²) in [6.07, 6.45) is 9.16. The lowest BCUT2D eigenvalue weighted by Gasteiger charge is -2.76. The molecule has 0 aromatic rings. The van der Waals surface area contributed by atoms with Crippen molar-refractivity contribution >= 4 is 0 Å². The van der Waals surface area contributed by atoms with Crippen LogP contribution in [-0.4, -0.2) is 49.1 Å². The second-order valence-electron chi connectivity index (χ2n) is 9.45. The highest BCUT2D eigenvalue weighted by atomic mass is 15.2. The number of rotatable bonds is 2. The van der Waals surface area contributed by atoms with Crippen LogP contribution < -0.4 is 0 Å². The molecule has 20 heavy (non-hydrogen) atoms. The van der Waals surface area contributed by atoms with Crippen LogP contribution >= 0.6 is 0 Å². The van der Waals surface area contributed by atoms with E-state index < -0.39 is 0 Å². The van der Waals surface area contributed by atoms with Gasteiger partial charge in [-0.1, -0.05) is 0 Å². The van der Waals surface area contributed by atoms with E-state index in [0.717, 1.165) is 35.5 Å². The third kappa shape index (κ3) is 1.18. The van der Waals surface area contributed by atoms with Crippen molar-refractivity contribution in [2.45, 2.75) is 49.6 Å². The minimum Gasteiger partial charge on any atom is -0.304 e. The Bertz CT molecular complexity index is 347. The molecule has 0 unspecified atom stereocenters. The van der Waals surface area contributed by atoms with Crippen molar-refractivity contribution in [2.24, 2.45) is 35.5 Å². The van der Waals surface area contributed by atoms with Crippen molar-refractivity contribution in [3.63, 3.8) is 0 Å². The highest BCUT2D eigenvalue weighted by Gasteiger charge is 2.71. The van der Waals surface area contributed by atoms with Crippen LogP contribution in [0.5, 0.6) is 0 Å². The zero-order valence-corrected chi connectivity index (χ0v) is 13.6. The summed E-state index contributed by atoms with van der Waals surface area (Å²) >= 11 is 0. The first-order valence-corrected chi connectivity index (χ1v) is 8.81. The van der Waals surface area contributed by atoms with E-state index in [1.165, 1.54) is 38.5 Å². The fraction of sp³-hybridized carbons (Fsp3) is 1.00. The Balaban J connectivity index is 1.58. The van der Waals surface area contributed by atoms with Gasteiger partial charge in [-0.05, 0) is 102 Å². The standard InChI is InChI=1S/C18H30N2/c1-19(2)17-5-11-14-8-18(20(3)4)9-15(11)13(7-17)16(10-18)12(14)6-17/h11-16H,5-10H2,1-4H3. The average molecular weight is 274 g/mol. The molecule has 0 radical (unpaired) electrons. The molecule has 7 saturated carbocycles. The summed E-state index contributed by atoms with van der Waals surface area (Å²) in [5.41, 5.74) is 1.19. The fourth-order valence-electron chi connectivity index (χ4n) is 7.95. The maximum atomic E-state index is 2.62. The molecule has 0 aromatic carbocycles. The molecule has 0 aliphatic heterocycles. The Kier molecular flexibility index (Phi) is 2.15. The molecule has 7 aliphatic rings. The van der Waals surface area contributed by atoms with Crippen LogP contribution in [0.3, 0.4) is 0 Å². The number of nitrogens with zero attached hydrogens (tertiary/aromatic N) is 2. The van der Waals surface area contributed by atoms with Gasteiger partial charge in [-0.15, -0.1) is 0 Å². The van der Waals surface area contributed by atoms with E-state index in [1.54, 1.807) is 0 Å². The van der Waals surface area contributed by atoms with E-state index in [1.807, 2.05) is 0 Å². The summed E-state index contributed by atoms with van der Waals surface area (Å²) in [5, 5.41) is 0.